The second-order valence-electron chi connectivity index (χ2n) is 6.57. The highest BCUT2D eigenvalue weighted by atomic mass is 16.6. The molecule has 0 rings (SSSR count). The van der Waals surface area contributed by atoms with Gasteiger partial charge in [0.1, 0.15) is 23.3 Å². The molecule has 0 aliphatic carbocycles. The number of carboxylic acids is 1. The Labute approximate surface area is 113 Å². The summed E-state index contributed by atoms with van der Waals surface area (Å²) in [4.78, 5) is 34.6. The predicted octanol–water partition coefficient (Wildman–Crippen LogP) is 0.971. The molecule has 0 saturated carbocycles. The summed E-state index contributed by atoms with van der Waals surface area (Å²) in [5.74, 6) is -3.91. The molecule has 0 spiro atoms. The lowest BCUT2D eigenvalue weighted by atomic mass is 9.67. The fourth-order valence-electron chi connectivity index (χ4n) is 1.63. The van der Waals surface area contributed by atoms with Crippen molar-refractivity contribution in [1.29, 1.82) is 0 Å². The largest absolute Gasteiger partial charge is 0.480 e. The van der Waals surface area contributed by atoms with Gasteiger partial charge in [0.05, 0.1) is 0 Å². The maximum absolute atomic E-state index is 12.0. The third-order valence-electron chi connectivity index (χ3n) is 2.88. The van der Waals surface area contributed by atoms with Crippen molar-refractivity contribution < 1.29 is 24.2 Å². The number of carbonyl (C=O) groups is 3. The number of hydrogen-bond acceptors (Lipinski definition) is 5. The Morgan fingerprint density at radius 3 is 1.79 bits per heavy atom. The van der Waals surface area contributed by atoms with Crippen LogP contribution in [0.4, 0.5) is 0 Å². The molecular weight excluding hydrogens is 250 g/mol. The van der Waals surface area contributed by atoms with Crippen LogP contribution in [0.3, 0.4) is 0 Å². The number of aldehydes is 1. The third kappa shape index (κ3) is 3.76. The lowest BCUT2D eigenvalue weighted by molar-refractivity contribution is -0.172. The van der Waals surface area contributed by atoms with E-state index in [4.69, 9.17) is 10.5 Å². The van der Waals surface area contributed by atoms with Gasteiger partial charge in [0, 0.05) is 0 Å². The van der Waals surface area contributed by atoms with E-state index in [2.05, 4.69) is 0 Å². The molecule has 0 aromatic heterocycles. The molecule has 19 heavy (non-hydrogen) atoms. The van der Waals surface area contributed by atoms with Gasteiger partial charge >= 0.3 is 11.9 Å². The van der Waals surface area contributed by atoms with Crippen LogP contribution >= 0.6 is 0 Å². The molecule has 0 radical (unpaired) electrons. The van der Waals surface area contributed by atoms with Crippen molar-refractivity contribution in [2.45, 2.75) is 52.7 Å². The average molecular weight is 273 g/mol. The fourth-order valence-corrected chi connectivity index (χ4v) is 1.63. The van der Waals surface area contributed by atoms with Gasteiger partial charge in [0.2, 0.25) is 0 Å². The van der Waals surface area contributed by atoms with Crippen molar-refractivity contribution in [3.8, 4) is 0 Å². The van der Waals surface area contributed by atoms with E-state index in [1.54, 1.807) is 41.5 Å². The van der Waals surface area contributed by atoms with Gasteiger partial charge in [-0.1, -0.05) is 20.8 Å². The second-order valence-corrected chi connectivity index (χ2v) is 6.57. The summed E-state index contributed by atoms with van der Waals surface area (Å²) in [5, 5.41) is 9.33. The molecular formula is C13H23NO5. The number of nitrogens with two attached hydrogens (primary N) is 1. The van der Waals surface area contributed by atoms with Gasteiger partial charge < -0.3 is 20.4 Å². The van der Waals surface area contributed by atoms with Gasteiger partial charge in [0.25, 0.3) is 0 Å². The van der Waals surface area contributed by atoms with Crippen molar-refractivity contribution in [2.24, 2.45) is 17.1 Å². The molecule has 0 fully saturated rings. The Morgan fingerprint density at radius 2 is 1.58 bits per heavy atom. The number of hydrogen-bond donors (Lipinski definition) is 2. The van der Waals surface area contributed by atoms with Gasteiger partial charge in [-0.05, 0) is 26.2 Å². The molecule has 1 unspecified atom stereocenters. The first-order valence-electron chi connectivity index (χ1n) is 5.98. The zero-order valence-electron chi connectivity index (χ0n) is 12.3. The molecule has 0 aromatic rings. The quantitative estimate of drug-likeness (QED) is 0.449. The maximum atomic E-state index is 12.0. The Morgan fingerprint density at radius 1 is 1.16 bits per heavy atom. The maximum Gasteiger partial charge on any atom is 0.325 e. The van der Waals surface area contributed by atoms with Crippen LogP contribution in [0.1, 0.15) is 41.5 Å². The van der Waals surface area contributed by atoms with Gasteiger partial charge in [0.15, 0.2) is 0 Å². The number of carbonyl (C=O) groups excluding carboxylic acids is 2. The van der Waals surface area contributed by atoms with Crippen molar-refractivity contribution in [2.75, 3.05) is 0 Å². The molecule has 0 aromatic carbocycles. The van der Waals surface area contributed by atoms with Crippen LogP contribution in [0.2, 0.25) is 0 Å². The summed E-state index contributed by atoms with van der Waals surface area (Å²) in [7, 11) is 0. The molecule has 0 aliphatic rings. The van der Waals surface area contributed by atoms with Crippen LogP contribution in [-0.2, 0) is 19.1 Å². The summed E-state index contributed by atoms with van der Waals surface area (Å²) in [5.41, 5.74) is 2.01. The molecule has 3 N–H and O–H groups in total. The Kier molecular flexibility index (Phi) is 4.89. The number of aliphatic carboxylic acids is 1. The van der Waals surface area contributed by atoms with E-state index in [1.165, 1.54) is 0 Å². The Bertz CT molecular complexity index is 377. The lowest BCUT2D eigenvalue weighted by Gasteiger charge is -2.40. The first-order valence-corrected chi connectivity index (χ1v) is 5.98. The second kappa shape index (κ2) is 5.28. The standard InChI is InChI=1S/C13H23NO5/c1-11(2,3)13(14,10(17)18)8(7-15)9(16)19-12(4,5)6/h7-8H,14H2,1-6H3,(H,17,18)/t8?,13-/m1/s1. The molecule has 0 heterocycles. The minimum Gasteiger partial charge on any atom is -0.480 e. The topological polar surface area (TPSA) is 107 Å². The number of rotatable bonds is 4. The van der Waals surface area contributed by atoms with E-state index >= 15 is 0 Å². The highest BCUT2D eigenvalue weighted by Crippen LogP contribution is 2.35. The molecule has 0 aliphatic heterocycles. The first-order chi connectivity index (χ1) is 8.27. The molecule has 0 amide bonds. The minimum atomic E-state index is -2.03. The van der Waals surface area contributed by atoms with Crippen LogP contribution in [-0.4, -0.2) is 34.5 Å². The van der Waals surface area contributed by atoms with Crippen LogP contribution in [0.5, 0.6) is 0 Å². The van der Waals surface area contributed by atoms with Gasteiger partial charge in [-0.25, -0.2) is 0 Å². The molecule has 0 saturated heterocycles. The van der Waals surface area contributed by atoms with E-state index in [1.807, 2.05) is 0 Å². The van der Waals surface area contributed by atoms with E-state index in [9.17, 15) is 19.5 Å². The van der Waals surface area contributed by atoms with Crippen molar-refractivity contribution in [3.05, 3.63) is 0 Å². The van der Waals surface area contributed by atoms with E-state index < -0.39 is 34.4 Å². The number of carboxylic acid groups (broad SMARTS) is 1. The molecule has 2 atom stereocenters. The highest BCUT2D eigenvalue weighted by molar-refractivity contribution is 5.98. The Hall–Kier alpha value is -1.43. The SMILES string of the molecule is CC(C)(C)OC(=O)C(C=O)[C@@](N)(C(=O)O)C(C)(C)C. The summed E-state index contributed by atoms with van der Waals surface area (Å²) in [6, 6.07) is 0. The van der Waals surface area contributed by atoms with Gasteiger partial charge in [-0.15, -0.1) is 0 Å². The van der Waals surface area contributed by atoms with Crippen molar-refractivity contribution in [3.63, 3.8) is 0 Å². The molecule has 6 nitrogen and oxygen atoms in total. The lowest BCUT2D eigenvalue weighted by Crippen LogP contribution is -2.65. The van der Waals surface area contributed by atoms with Crippen molar-refractivity contribution >= 4 is 18.2 Å². The zero-order chi connectivity index (χ0) is 15.6. The average Bonchev–Trinajstić information content (AvgIpc) is 2.13. The first kappa shape index (κ1) is 17.6. The third-order valence-corrected chi connectivity index (χ3v) is 2.88. The summed E-state index contributed by atoms with van der Waals surface area (Å²) in [6.07, 6.45) is 0.243. The summed E-state index contributed by atoms with van der Waals surface area (Å²) < 4.78 is 5.07. The normalized spacial score (nSPS) is 17.2. The van der Waals surface area contributed by atoms with E-state index in [-0.39, 0.29) is 6.29 Å². The summed E-state index contributed by atoms with van der Waals surface area (Å²) in [6.45, 7) is 9.56. The zero-order valence-corrected chi connectivity index (χ0v) is 12.3. The van der Waals surface area contributed by atoms with Crippen LogP contribution in [0.15, 0.2) is 0 Å². The minimum absolute atomic E-state index is 0.243. The Balaban J connectivity index is 5.60. The predicted molar refractivity (Wildman–Crippen MR) is 69.4 cm³/mol. The monoisotopic (exact) mass is 273 g/mol. The van der Waals surface area contributed by atoms with E-state index in [0.717, 1.165) is 0 Å². The van der Waals surface area contributed by atoms with Gasteiger partial charge in [-0.2, -0.15) is 0 Å². The molecule has 0 bridgehead atoms. The fraction of sp³-hybridized carbons (Fsp3) is 0.769. The van der Waals surface area contributed by atoms with Crippen LogP contribution in [0.25, 0.3) is 0 Å². The summed E-state index contributed by atoms with van der Waals surface area (Å²) >= 11 is 0. The number of esters is 1. The van der Waals surface area contributed by atoms with Crippen LogP contribution < -0.4 is 5.73 Å². The van der Waals surface area contributed by atoms with Gasteiger partial charge in [-0.3, -0.25) is 9.59 Å². The van der Waals surface area contributed by atoms with Crippen molar-refractivity contribution in [1.82, 2.24) is 0 Å². The molecule has 110 valence electrons. The van der Waals surface area contributed by atoms with Crippen LogP contribution in [0, 0.1) is 11.3 Å². The van der Waals surface area contributed by atoms with E-state index in [0.29, 0.717) is 0 Å². The molecule has 6 heteroatoms. The smallest absolute Gasteiger partial charge is 0.325 e. The highest BCUT2D eigenvalue weighted by Gasteiger charge is 2.55. The number of ether oxygens (including phenoxy) is 1.